The van der Waals surface area contributed by atoms with Gasteiger partial charge in [0.25, 0.3) is 0 Å². The first-order valence-electron chi connectivity index (χ1n) is 9.47. The smallest absolute Gasteiger partial charge is 0.174 e. The summed E-state index contributed by atoms with van der Waals surface area (Å²) in [6.07, 6.45) is 5.67. The Kier molecular flexibility index (Phi) is 4.54. The van der Waals surface area contributed by atoms with E-state index in [9.17, 15) is 0 Å². The Morgan fingerprint density at radius 3 is 2.28 bits per heavy atom. The molecular formula is C23H19N5S. The number of aromatic nitrogens is 3. The molecule has 0 aliphatic carbocycles. The van der Waals surface area contributed by atoms with E-state index in [2.05, 4.69) is 43.0 Å². The first-order valence-corrected chi connectivity index (χ1v) is 9.88. The molecule has 1 aromatic carbocycles. The molecule has 1 aliphatic rings. The van der Waals surface area contributed by atoms with Crippen LogP contribution in [0.15, 0.2) is 97.5 Å². The largest absolute Gasteiger partial charge is 0.351 e. The summed E-state index contributed by atoms with van der Waals surface area (Å²) < 4.78 is 2.12. The number of pyridine rings is 2. The van der Waals surface area contributed by atoms with Gasteiger partial charge in [0, 0.05) is 30.0 Å². The third-order valence-electron chi connectivity index (χ3n) is 5.11. The van der Waals surface area contributed by atoms with Crippen molar-refractivity contribution in [1.82, 2.24) is 19.9 Å². The van der Waals surface area contributed by atoms with Gasteiger partial charge in [-0.3, -0.25) is 4.98 Å². The van der Waals surface area contributed by atoms with Gasteiger partial charge in [-0.15, -0.1) is 0 Å². The predicted molar refractivity (Wildman–Crippen MR) is 118 cm³/mol. The molecule has 0 unspecified atom stereocenters. The van der Waals surface area contributed by atoms with Gasteiger partial charge in [0.2, 0.25) is 0 Å². The third-order valence-corrected chi connectivity index (χ3v) is 5.43. The number of rotatable bonds is 4. The monoisotopic (exact) mass is 397 g/mol. The second-order valence-corrected chi connectivity index (χ2v) is 7.21. The maximum absolute atomic E-state index is 5.77. The van der Waals surface area contributed by atoms with E-state index in [0.717, 1.165) is 22.9 Å². The second-order valence-electron chi connectivity index (χ2n) is 6.82. The molecule has 4 aromatic rings. The molecule has 5 rings (SSSR count). The normalized spacial score (nSPS) is 18.6. The molecule has 0 bridgehead atoms. The van der Waals surface area contributed by atoms with Crippen LogP contribution in [0, 0.1) is 0 Å². The highest BCUT2D eigenvalue weighted by molar-refractivity contribution is 7.80. The van der Waals surface area contributed by atoms with Crippen molar-refractivity contribution in [1.29, 1.82) is 0 Å². The molecule has 5 nitrogen and oxygen atoms in total. The van der Waals surface area contributed by atoms with E-state index >= 15 is 0 Å². The summed E-state index contributed by atoms with van der Waals surface area (Å²) in [5.41, 5.74) is 3.09. The highest BCUT2D eigenvalue weighted by atomic mass is 32.1. The minimum atomic E-state index is -0.0822. The maximum Gasteiger partial charge on any atom is 0.174 e. The molecule has 0 spiro atoms. The summed E-state index contributed by atoms with van der Waals surface area (Å²) in [6, 6.07) is 26.1. The summed E-state index contributed by atoms with van der Waals surface area (Å²) in [5, 5.41) is 4.18. The number of nitrogens with zero attached hydrogens (tertiary/aromatic N) is 4. The number of thiocarbonyl (C=S) groups is 1. The van der Waals surface area contributed by atoms with Gasteiger partial charge in [0.05, 0.1) is 11.7 Å². The average molecular weight is 398 g/mol. The quantitative estimate of drug-likeness (QED) is 0.516. The van der Waals surface area contributed by atoms with Gasteiger partial charge in [0.1, 0.15) is 11.9 Å². The van der Waals surface area contributed by atoms with Gasteiger partial charge >= 0.3 is 0 Å². The molecule has 1 fully saturated rings. The van der Waals surface area contributed by atoms with Crippen molar-refractivity contribution in [3.8, 4) is 5.82 Å². The standard InChI is InChI=1S/C23H19N5S/c29-23-26-21(18-11-4-6-14-24-18)22(28(23)17-9-2-1-3-10-17)19-12-8-16-27(19)20-13-5-7-15-25-20/h1-16,21-22H,(H,26,29)/t21-,22-/m0/s1. The van der Waals surface area contributed by atoms with Crippen LogP contribution in [0.25, 0.3) is 5.82 Å². The van der Waals surface area contributed by atoms with Gasteiger partial charge in [-0.05, 0) is 60.7 Å². The number of benzene rings is 1. The van der Waals surface area contributed by atoms with Crippen LogP contribution >= 0.6 is 12.2 Å². The summed E-state index contributed by atoms with van der Waals surface area (Å²) in [5.74, 6) is 0.873. The van der Waals surface area contributed by atoms with Crippen molar-refractivity contribution in [2.75, 3.05) is 4.90 Å². The number of para-hydroxylation sites is 1. The Bertz CT molecular complexity index is 1110. The Labute approximate surface area is 174 Å². The van der Waals surface area contributed by atoms with Crippen molar-refractivity contribution < 1.29 is 0 Å². The minimum absolute atomic E-state index is 0.0724. The molecule has 6 heteroatoms. The van der Waals surface area contributed by atoms with Crippen molar-refractivity contribution >= 4 is 23.0 Å². The van der Waals surface area contributed by atoms with Crippen LogP contribution in [0.1, 0.15) is 23.5 Å². The highest BCUT2D eigenvalue weighted by Gasteiger charge is 2.42. The Morgan fingerprint density at radius 1 is 0.793 bits per heavy atom. The van der Waals surface area contributed by atoms with Gasteiger partial charge in [-0.1, -0.05) is 30.3 Å². The predicted octanol–water partition coefficient (Wildman–Crippen LogP) is 4.44. The minimum Gasteiger partial charge on any atom is -0.351 e. The van der Waals surface area contributed by atoms with Crippen molar-refractivity contribution in [3.63, 3.8) is 0 Å². The zero-order chi connectivity index (χ0) is 19.6. The molecule has 0 saturated carbocycles. The van der Waals surface area contributed by atoms with Gasteiger partial charge in [-0.25, -0.2) is 4.98 Å². The van der Waals surface area contributed by atoms with Crippen molar-refractivity contribution in [2.45, 2.75) is 12.1 Å². The number of hydrogen-bond donors (Lipinski definition) is 1. The Balaban J connectivity index is 1.67. The molecule has 1 saturated heterocycles. The van der Waals surface area contributed by atoms with Crippen LogP contribution in [-0.2, 0) is 0 Å². The molecule has 3 aromatic heterocycles. The molecule has 0 radical (unpaired) electrons. The summed E-state index contributed by atoms with van der Waals surface area (Å²) in [7, 11) is 0. The molecule has 0 amide bonds. The summed E-state index contributed by atoms with van der Waals surface area (Å²) in [4.78, 5) is 11.3. The van der Waals surface area contributed by atoms with Crippen LogP contribution in [0.2, 0.25) is 0 Å². The fourth-order valence-corrected chi connectivity index (χ4v) is 4.21. The first-order chi connectivity index (χ1) is 14.3. The fraction of sp³-hybridized carbons (Fsp3) is 0.0870. The molecular weight excluding hydrogens is 378 g/mol. The van der Waals surface area contributed by atoms with Crippen molar-refractivity contribution in [3.05, 3.63) is 109 Å². The zero-order valence-corrected chi connectivity index (χ0v) is 16.4. The zero-order valence-electron chi connectivity index (χ0n) is 15.6. The molecule has 1 aliphatic heterocycles. The lowest BCUT2D eigenvalue weighted by Crippen LogP contribution is -2.30. The van der Waals surface area contributed by atoms with E-state index in [1.807, 2.05) is 79.3 Å². The summed E-state index contributed by atoms with van der Waals surface area (Å²) >= 11 is 5.77. The topological polar surface area (TPSA) is 46.0 Å². The fourth-order valence-electron chi connectivity index (χ4n) is 3.86. The number of hydrogen-bond acceptors (Lipinski definition) is 3. The van der Waals surface area contributed by atoms with E-state index in [-0.39, 0.29) is 12.1 Å². The SMILES string of the molecule is S=C1N[C@@H](c2ccccn2)[C@H](c2cccn2-c2ccccn2)N1c1ccccc1. The average Bonchev–Trinajstić information content (AvgIpc) is 3.40. The lowest BCUT2D eigenvalue weighted by atomic mass is 10.0. The van der Waals surface area contributed by atoms with Gasteiger partial charge < -0.3 is 14.8 Å². The van der Waals surface area contributed by atoms with Gasteiger partial charge in [-0.2, -0.15) is 0 Å². The molecule has 4 heterocycles. The van der Waals surface area contributed by atoms with E-state index < -0.39 is 0 Å². The van der Waals surface area contributed by atoms with E-state index in [1.54, 1.807) is 0 Å². The Morgan fingerprint density at radius 2 is 1.55 bits per heavy atom. The van der Waals surface area contributed by atoms with Gasteiger partial charge in [0.15, 0.2) is 5.11 Å². The number of nitrogens with one attached hydrogen (secondary N) is 1. The lowest BCUT2D eigenvalue weighted by Gasteiger charge is -2.28. The van der Waals surface area contributed by atoms with Crippen LogP contribution in [0.4, 0.5) is 5.69 Å². The van der Waals surface area contributed by atoms with Crippen LogP contribution in [-0.4, -0.2) is 19.6 Å². The maximum atomic E-state index is 5.77. The second kappa shape index (κ2) is 7.48. The lowest BCUT2D eigenvalue weighted by molar-refractivity contribution is 0.548. The third kappa shape index (κ3) is 3.17. The van der Waals surface area contributed by atoms with Crippen LogP contribution in [0.3, 0.4) is 0 Å². The Hall–Kier alpha value is -3.51. The molecule has 142 valence electrons. The number of anilines is 1. The van der Waals surface area contributed by atoms with E-state index in [1.165, 1.54) is 0 Å². The van der Waals surface area contributed by atoms with Crippen LogP contribution < -0.4 is 10.2 Å². The van der Waals surface area contributed by atoms with E-state index in [0.29, 0.717) is 5.11 Å². The molecule has 29 heavy (non-hydrogen) atoms. The summed E-state index contributed by atoms with van der Waals surface area (Å²) in [6.45, 7) is 0. The van der Waals surface area contributed by atoms with Crippen molar-refractivity contribution in [2.24, 2.45) is 0 Å². The first kappa shape index (κ1) is 17.6. The molecule has 2 atom stereocenters. The van der Waals surface area contributed by atoms with E-state index in [4.69, 9.17) is 12.2 Å². The highest BCUT2D eigenvalue weighted by Crippen LogP contribution is 2.41. The molecule has 1 N–H and O–H groups in total. The van der Waals surface area contributed by atoms with Crippen LogP contribution in [0.5, 0.6) is 0 Å².